The molecule has 0 aliphatic carbocycles. The Morgan fingerprint density at radius 2 is 1.84 bits per heavy atom. The summed E-state index contributed by atoms with van der Waals surface area (Å²) in [4.78, 5) is 12.3. The van der Waals surface area contributed by atoms with Gasteiger partial charge in [-0.3, -0.25) is 9.10 Å². The number of anilines is 1. The van der Waals surface area contributed by atoms with Crippen molar-refractivity contribution in [3.8, 4) is 5.69 Å². The van der Waals surface area contributed by atoms with E-state index in [1.807, 2.05) is 19.9 Å². The number of nitrogens with zero attached hydrogens (tertiary/aromatic N) is 3. The predicted molar refractivity (Wildman–Crippen MR) is 125 cm³/mol. The highest BCUT2D eigenvalue weighted by atomic mass is 35.5. The normalized spacial score (nSPS) is 11.7. The number of halogens is 2. The van der Waals surface area contributed by atoms with Crippen LogP contribution in [0.15, 0.2) is 59.7 Å². The molecule has 1 heterocycles. The SMILES string of the molecule is Cc1cc(/C=N/NC(=O)CN(c2ccc(Cl)cc2)S(C)(=O)=O)c(C)n1-c1ccccc1F. The first kappa shape index (κ1) is 23.5. The number of sulfonamides is 1. The minimum absolute atomic E-state index is 0.310. The van der Waals surface area contributed by atoms with E-state index in [-0.39, 0.29) is 5.82 Å². The van der Waals surface area contributed by atoms with Crippen LogP contribution < -0.4 is 9.73 Å². The lowest BCUT2D eigenvalue weighted by molar-refractivity contribution is -0.119. The number of carbonyl (C=O) groups is 1. The Morgan fingerprint density at radius 3 is 2.47 bits per heavy atom. The van der Waals surface area contributed by atoms with Crippen molar-refractivity contribution in [1.29, 1.82) is 0 Å². The molecule has 0 spiro atoms. The van der Waals surface area contributed by atoms with Crippen LogP contribution in [0.25, 0.3) is 5.69 Å². The molecule has 0 aliphatic rings. The van der Waals surface area contributed by atoms with Gasteiger partial charge in [-0.25, -0.2) is 18.2 Å². The second-order valence-electron chi connectivity index (χ2n) is 7.15. The first-order chi connectivity index (χ1) is 15.1. The largest absolute Gasteiger partial charge is 0.315 e. The lowest BCUT2D eigenvalue weighted by atomic mass is 10.2. The van der Waals surface area contributed by atoms with Crippen LogP contribution in [0.5, 0.6) is 0 Å². The van der Waals surface area contributed by atoms with Crippen LogP contribution in [0.1, 0.15) is 17.0 Å². The van der Waals surface area contributed by atoms with Crippen molar-refractivity contribution in [3.63, 3.8) is 0 Å². The molecular formula is C22H22ClFN4O3S. The van der Waals surface area contributed by atoms with Crippen molar-refractivity contribution < 1.29 is 17.6 Å². The summed E-state index contributed by atoms with van der Waals surface area (Å²) in [5.74, 6) is -0.973. The lowest BCUT2D eigenvalue weighted by Crippen LogP contribution is -2.39. The molecule has 0 saturated heterocycles. The van der Waals surface area contributed by atoms with Crippen LogP contribution in [0, 0.1) is 19.7 Å². The van der Waals surface area contributed by atoms with E-state index >= 15 is 0 Å². The maximum absolute atomic E-state index is 14.2. The Labute approximate surface area is 191 Å². The summed E-state index contributed by atoms with van der Waals surface area (Å²) in [6, 6.07) is 14.3. The molecule has 0 radical (unpaired) electrons. The molecule has 0 aliphatic heterocycles. The third-order valence-electron chi connectivity index (χ3n) is 4.76. The second kappa shape index (κ2) is 9.54. The van der Waals surface area contributed by atoms with Gasteiger partial charge in [-0.1, -0.05) is 23.7 Å². The van der Waals surface area contributed by atoms with Gasteiger partial charge in [-0.15, -0.1) is 0 Å². The number of hydrogen-bond donors (Lipinski definition) is 1. The van der Waals surface area contributed by atoms with Gasteiger partial charge in [0, 0.05) is 22.0 Å². The second-order valence-corrected chi connectivity index (χ2v) is 9.50. The van der Waals surface area contributed by atoms with Crippen LogP contribution >= 0.6 is 11.6 Å². The number of aromatic nitrogens is 1. The highest BCUT2D eigenvalue weighted by molar-refractivity contribution is 7.92. The van der Waals surface area contributed by atoms with Gasteiger partial charge in [-0.05, 0) is 56.3 Å². The Kier molecular flexibility index (Phi) is 7.00. The summed E-state index contributed by atoms with van der Waals surface area (Å²) in [5.41, 5.74) is 5.28. The van der Waals surface area contributed by atoms with Gasteiger partial charge in [0.25, 0.3) is 5.91 Å². The van der Waals surface area contributed by atoms with Gasteiger partial charge in [0.05, 0.1) is 23.8 Å². The number of benzene rings is 2. The summed E-state index contributed by atoms with van der Waals surface area (Å²) < 4.78 is 41.2. The zero-order valence-corrected chi connectivity index (χ0v) is 19.3. The van der Waals surface area contributed by atoms with Crippen LogP contribution in [-0.4, -0.2) is 37.9 Å². The minimum Gasteiger partial charge on any atom is -0.315 e. The Hall–Kier alpha value is -3.17. The molecule has 2 aromatic carbocycles. The molecule has 32 heavy (non-hydrogen) atoms. The Balaban J connectivity index is 1.74. The molecule has 1 N–H and O–H groups in total. The zero-order valence-electron chi connectivity index (χ0n) is 17.7. The lowest BCUT2D eigenvalue weighted by Gasteiger charge is -2.21. The summed E-state index contributed by atoms with van der Waals surface area (Å²) in [6.07, 6.45) is 2.44. The van der Waals surface area contributed by atoms with Gasteiger partial charge in [-0.2, -0.15) is 5.10 Å². The fourth-order valence-corrected chi connectivity index (χ4v) is 4.25. The van der Waals surface area contributed by atoms with E-state index in [2.05, 4.69) is 10.5 Å². The first-order valence-electron chi connectivity index (χ1n) is 9.57. The minimum atomic E-state index is -3.71. The highest BCUT2D eigenvalue weighted by Gasteiger charge is 2.20. The number of para-hydroxylation sites is 1. The average Bonchev–Trinajstić information content (AvgIpc) is 3.00. The van der Waals surface area contributed by atoms with Crippen molar-refractivity contribution >= 4 is 39.4 Å². The van der Waals surface area contributed by atoms with Gasteiger partial charge >= 0.3 is 0 Å². The van der Waals surface area contributed by atoms with E-state index in [1.54, 1.807) is 22.8 Å². The maximum atomic E-state index is 14.2. The van der Waals surface area contributed by atoms with Crippen LogP contribution in [0.4, 0.5) is 10.1 Å². The summed E-state index contributed by atoms with van der Waals surface area (Å²) in [5, 5.41) is 4.39. The van der Waals surface area contributed by atoms with Gasteiger partial charge in [0.15, 0.2) is 0 Å². The molecule has 0 saturated carbocycles. The van der Waals surface area contributed by atoms with Crippen LogP contribution in [0.2, 0.25) is 5.02 Å². The number of amides is 1. The monoisotopic (exact) mass is 476 g/mol. The van der Waals surface area contributed by atoms with Gasteiger partial charge < -0.3 is 4.57 Å². The molecule has 0 bridgehead atoms. The molecule has 0 atom stereocenters. The van der Waals surface area contributed by atoms with Crippen molar-refractivity contribution in [2.24, 2.45) is 5.10 Å². The number of rotatable bonds is 7. The van der Waals surface area contributed by atoms with E-state index in [0.29, 0.717) is 22.0 Å². The quantitative estimate of drug-likeness (QED) is 0.416. The standard InChI is InChI=1S/C22H22ClFN4O3S/c1-15-12-17(16(2)28(15)21-7-5-4-6-20(21)24)13-25-26-22(29)14-27(32(3,30)31)19-10-8-18(23)9-11-19/h4-13H,14H2,1-3H3,(H,26,29)/b25-13+. The van der Waals surface area contributed by atoms with Crippen molar-refractivity contribution in [2.75, 3.05) is 17.1 Å². The van der Waals surface area contributed by atoms with E-state index < -0.39 is 22.5 Å². The molecule has 0 fully saturated rings. The Bertz CT molecular complexity index is 1270. The van der Waals surface area contributed by atoms with E-state index in [9.17, 15) is 17.6 Å². The van der Waals surface area contributed by atoms with Crippen molar-refractivity contribution in [3.05, 3.63) is 82.4 Å². The van der Waals surface area contributed by atoms with E-state index in [0.717, 1.165) is 21.9 Å². The molecular weight excluding hydrogens is 455 g/mol. The molecule has 0 unspecified atom stereocenters. The zero-order chi connectivity index (χ0) is 23.5. The third kappa shape index (κ3) is 5.35. The van der Waals surface area contributed by atoms with Crippen LogP contribution in [-0.2, 0) is 14.8 Å². The van der Waals surface area contributed by atoms with Crippen molar-refractivity contribution in [2.45, 2.75) is 13.8 Å². The predicted octanol–water partition coefficient (Wildman–Crippen LogP) is 3.80. The highest BCUT2D eigenvalue weighted by Crippen LogP contribution is 2.22. The summed E-state index contributed by atoms with van der Waals surface area (Å²) in [7, 11) is -3.71. The third-order valence-corrected chi connectivity index (χ3v) is 6.15. The average molecular weight is 477 g/mol. The first-order valence-corrected chi connectivity index (χ1v) is 11.8. The Morgan fingerprint density at radius 1 is 1.19 bits per heavy atom. The summed E-state index contributed by atoms with van der Waals surface area (Å²) >= 11 is 5.85. The summed E-state index contributed by atoms with van der Waals surface area (Å²) in [6.45, 7) is 3.20. The van der Waals surface area contributed by atoms with E-state index in [1.165, 1.54) is 36.5 Å². The van der Waals surface area contributed by atoms with E-state index in [4.69, 9.17) is 11.6 Å². The van der Waals surface area contributed by atoms with Crippen molar-refractivity contribution in [1.82, 2.24) is 9.99 Å². The fourth-order valence-electron chi connectivity index (χ4n) is 3.27. The molecule has 3 rings (SSSR count). The number of nitrogens with one attached hydrogen (secondary N) is 1. The number of hydrazone groups is 1. The fraction of sp³-hybridized carbons (Fsp3) is 0.182. The van der Waals surface area contributed by atoms with Crippen LogP contribution in [0.3, 0.4) is 0 Å². The van der Waals surface area contributed by atoms with Gasteiger partial charge in [0.1, 0.15) is 12.4 Å². The smallest absolute Gasteiger partial charge is 0.260 e. The molecule has 1 amide bonds. The molecule has 1 aromatic heterocycles. The molecule has 7 nitrogen and oxygen atoms in total. The number of aryl methyl sites for hydroxylation is 1. The number of carbonyl (C=O) groups excluding carboxylic acids is 1. The molecule has 10 heteroatoms. The molecule has 3 aromatic rings. The van der Waals surface area contributed by atoms with Gasteiger partial charge in [0.2, 0.25) is 10.0 Å². The topological polar surface area (TPSA) is 83.8 Å². The number of hydrogen-bond acceptors (Lipinski definition) is 4. The maximum Gasteiger partial charge on any atom is 0.260 e. The molecule has 168 valence electrons.